The number of rotatable bonds is 3. The molecule has 0 radical (unpaired) electrons. The van der Waals surface area contributed by atoms with Gasteiger partial charge in [-0.3, -0.25) is 0 Å². The molecule has 0 saturated heterocycles. The standard InChI is InChI=1S/C13H8ClN5S2/c14-8-3-5-9(6-4-8)15-12-18-19-11(10-2-1-7-20-10)16-17-13(19)21-12/h1-7H,(H,15,18). The molecule has 4 rings (SSSR count). The molecule has 0 aliphatic rings. The number of hydrogen-bond donors (Lipinski definition) is 1. The summed E-state index contributed by atoms with van der Waals surface area (Å²) in [4.78, 5) is 1.81. The zero-order chi connectivity index (χ0) is 14.2. The molecule has 0 fully saturated rings. The van der Waals surface area contributed by atoms with Gasteiger partial charge in [-0.25, -0.2) is 0 Å². The molecule has 5 nitrogen and oxygen atoms in total. The van der Waals surface area contributed by atoms with Crippen LogP contribution in [-0.2, 0) is 0 Å². The molecule has 3 aromatic heterocycles. The van der Waals surface area contributed by atoms with Crippen molar-refractivity contribution in [2.24, 2.45) is 0 Å². The van der Waals surface area contributed by atoms with E-state index in [-0.39, 0.29) is 0 Å². The third-order valence-corrected chi connectivity index (χ3v) is 4.76. The quantitative estimate of drug-likeness (QED) is 0.607. The number of nitrogens with zero attached hydrogens (tertiary/aromatic N) is 4. The molecule has 0 spiro atoms. The summed E-state index contributed by atoms with van der Waals surface area (Å²) in [5.41, 5.74) is 0.932. The third-order valence-electron chi connectivity index (χ3n) is 2.83. The van der Waals surface area contributed by atoms with Crippen LogP contribution in [0, 0.1) is 0 Å². The third kappa shape index (κ3) is 2.39. The van der Waals surface area contributed by atoms with Crippen LogP contribution in [-0.4, -0.2) is 19.8 Å². The molecule has 0 aliphatic carbocycles. The smallest absolute Gasteiger partial charge is 0.236 e. The van der Waals surface area contributed by atoms with Gasteiger partial charge < -0.3 is 5.32 Å². The van der Waals surface area contributed by atoms with Crippen LogP contribution < -0.4 is 5.32 Å². The second kappa shape index (κ2) is 5.10. The van der Waals surface area contributed by atoms with Gasteiger partial charge in [-0.05, 0) is 35.7 Å². The highest BCUT2D eigenvalue weighted by Crippen LogP contribution is 2.28. The van der Waals surface area contributed by atoms with Crippen molar-refractivity contribution in [1.29, 1.82) is 0 Å². The van der Waals surface area contributed by atoms with E-state index in [1.54, 1.807) is 15.9 Å². The first-order chi connectivity index (χ1) is 10.3. The first kappa shape index (κ1) is 12.8. The van der Waals surface area contributed by atoms with Crippen molar-refractivity contribution in [2.45, 2.75) is 0 Å². The van der Waals surface area contributed by atoms with Crippen LogP contribution in [0.25, 0.3) is 15.7 Å². The Labute approximate surface area is 132 Å². The molecule has 8 heteroatoms. The van der Waals surface area contributed by atoms with Crippen molar-refractivity contribution < 1.29 is 0 Å². The molecule has 1 aromatic carbocycles. The number of halogens is 1. The fourth-order valence-corrected chi connectivity index (χ4v) is 3.46. The Kier molecular flexibility index (Phi) is 3.10. The zero-order valence-corrected chi connectivity index (χ0v) is 12.9. The lowest BCUT2D eigenvalue weighted by Gasteiger charge is -2.01. The highest BCUT2D eigenvalue weighted by molar-refractivity contribution is 7.20. The highest BCUT2D eigenvalue weighted by Gasteiger charge is 2.13. The van der Waals surface area contributed by atoms with Crippen molar-refractivity contribution in [1.82, 2.24) is 19.8 Å². The lowest BCUT2D eigenvalue weighted by atomic mass is 10.3. The molecule has 0 atom stereocenters. The fourth-order valence-electron chi connectivity index (χ4n) is 1.88. The molecule has 104 valence electrons. The molecule has 21 heavy (non-hydrogen) atoms. The van der Waals surface area contributed by atoms with E-state index in [0.29, 0.717) is 5.02 Å². The molecule has 0 bridgehead atoms. The van der Waals surface area contributed by atoms with Gasteiger partial charge in [-0.1, -0.05) is 29.0 Å². The normalized spacial score (nSPS) is 11.1. The van der Waals surface area contributed by atoms with E-state index < -0.39 is 0 Å². The van der Waals surface area contributed by atoms with Crippen LogP contribution in [0.3, 0.4) is 0 Å². The van der Waals surface area contributed by atoms with Gasteiger partial charge >= 0.3 is 0 Å². The predicted octanol–water partition coefficient (Wildman–Crippen LogP) is 4.31. The highest BCUT2D eigenvalue weighted by atomic mass is 35.5. The topological polar surface area (TPSA) is 55.1 Å². The van der Waals surface area contributed by atoms with E-state index >= 15 is 0 Å². The second-order valence-electron chi connectivity index (χ2n) is 4.23. The predicted molar refractivity (Wildman–Crippen MR) is 86.7 cm³/mol. The Morgan fingerprint density at radius 3 is 2.71 bits per heavy atom. The van der Waals surface area contributed by atoms with Crippen LogP contribution in [0.5, 0.6) is 0 Å². The Hall–Kier alpha value is -1.96. The lowest BCUT2D eigenvalue weighted by molar-refractivity contribution is 0.973. The molecular weight excluding hydrogens is 326 g/mol. The molecule has 4 aromatic rings. The number of aromatic nitrogens is 4. The van der Waals surface area contributed by atoms with Gasteiger partial charge in [0, 0.05) is 10.7 Å². The number of anilines is 2. The Morgan fingerprint density at radius 1 is 1.10 bits per heavy atom. The summed E-state index contributed by atoms with van der Waals surface area (Å²) in [7, 11) is 0. The number of hydrogen-bond acceptors (Lipinski definition) is 6. The summed E-state index contributed by atoms with van der Waals surface area (Å²) in [5.74, 6) is 0.764. The van der Waals surface area contributed by atoms with Gasteiger partial charge in [0.2, 0.25) is 10.1 Å². The van der Waals surface area contributed by atoms with Crippen LogP contribution in [0.15, 0.2) is 41.8 Å². The molecule has 1 N–H and O–H groups in total. The van der Waals surface area contributed by atoms with Crippen molar-refractivity contribution in [3.63, 3.8) is 0 Å². The van der Waals surface area contributed by atoms with Gasteiger partial charge in [0.1, 0.15) is 0 Å². The number of benzene rings is 1. The van der Waals surface area contributed by atoms with E-state index in [4.69, 9.17) is 11.6 Å². The molecule has 0 amide bonds. The Morgan fingerprint density at radius 2 is 1.95 bits per heavy atom. The summed E-state index contributed by atoms with van der Waals surface area (Å²) in [6.07, 6.45) is 0. The Balaban J connectivity index is 1.69. The van der Waals surface area contributed by atoms with E-state index in [2.05, 4.69) is 20.6 Å². The summed E-state index contributed by atoms with van der Waals surface area (Å²) in [5, 5.41) is 19.6. The SMILES string of the molecule is Clc1ccc(Nc2nn3c(-c4cccs4)nnc3s2)cc1. The van der Waals surface area contributed by atoms with Crippen molar-refractivity contribution in [2.75, 3.05) is 5.32 Å². The minimum Gasteiger partial charge on any atom is -0.330 e. The van der Waals surface area contributed by atoms with Crippen molar-refractivity contribution in [3.05, 3.63) is 46.8 Å². The first-order valence-electron chi connectivity index (χ1n) is 6.08. The van der Waals surface area contributed by atoms with Crippen molar-refractivity contribution >= 4 is 50.1 Å². The number of thiophene rings is 1. The van der Waals surface area contributed by atoms with Gasteiger partial charge in [0.15, 0.2) is 5.82 Å². The fraction of sp³-hybridized carbons (Fsp3) is 0. The summed E-state index contributed by atoms with van der Waals surface area (Å²) >= 11 is 8.95. The number of nitrogens with one attached hydrogen (secondary N) is 1. The molecular formula is C13H8ClN5S2. The monoisotopic (exact) mass is 333 g/mol. The van der Waals surface area contributed by atoms with E-state index in [9.17, 15) is 0 Å². The summed E-state index contributed by atoms with van der Waals surface area (Å²) in [6, 6.07) is 11.5. The minimum atomic E-state index is 0.707. The van der Waals surface area contributed by atoms with Gasteiger partial charge in [0.05, 0.1) is 4.88 Å². The molecule has 0 unspecified atom stereocenters. The molecule has 3 heterocycles. The minimum absolute atomic E-state index is 0.707. The first-order valence-corrected chi connectivity index (χ1v) is 8.16. The average Bonchev–Trinajstić information content (AvgIpc) is 3.17. The Bertz CT molecular complexity index is 879. The number of fused-ring (bicyclic) bond motifs is 1. The largest absolute Gasteiger partial charge is 0.330 e. The zero-order valence-electron chi connectivity index (χ0n) is 10.5. The van der Waals surface area contributed by atoms with E-state index in [1.165, 1.54) is 11.3 Å². The van der Waals surface area contributed by atoms with Gasteiger partial charge in [-0.15, -0.1) is 26.6 Å². The lowest BCUT2D eigenvalue weighted by Crippen LogP contribution is -1.93. The van der Waals surface area contributed by atoms with Crippen LogP contribution in [0.1, 0.15) is 0 Å². The van der Waals surface area contributed by atoms with Gasteiger partial charge in [0.25, 0.3) is 0 Å². The molecule has 0 saturated carbocycles. The maximum Gasteiger partial charge on any atom is 0.236 e. The maximum absolute atomic E-state index is 5.88. The summed E-state index contributed by atoms with van der Waals surface area (Å²) in [6.45, 7) is 0. The average molecular weight is 334 g/mol. The maximum atomic E-state index is 5.88. The second-order valence-corrected chi connectivity index (χ2v) is 6.57. The van der Waals surface area contributed by atoms with Crippen LogP contribution in [0.2, 0.25) is 5.02 Å². The van der Waals surface area contributed by atoms with E-state index in [0.717, 1.165) is 26.5 Å². The van der Waals surface area contributed by atoms with Crippen molar-refractivity contribution in [3.8, 4) is 10.7 Å². The van der Waals surface area contributed by atoms with Crippen LogP contribution in [0.4, 0.5) is 10.8 Å². The van der Waals surface area contributed by atoms with Gasteiger partial charge in [-0.2, -0.15) is 4.52 Å². The van der Waals surface area contributed by atoms with E-state index in [1.807, 2.05) is 41.8 Å². The van der Waals surface area contributed by atoms with Crippen LogP contribution >= 0.6 is 34.3 Å². The summed E-state index contributed by atoms with van der Waals surface area (Å²) < 4.78 is 1.76. The molecule has 0 aliphatic heterocycles.